The molecule has 0 fully saturated rings. The summed E-state index contributed by atoms with van der Waals surface area (Å²) in [5.74, 6) is 0. The lowest BCUT2D eigenvalue weighted by atomic mass is 10.1. The van der Waals surface area contributed by atoms with Gasteiger partial charge in [-0.1, -0.05) is 36.4 Å². The molecule has 3 aromatic carbocycles. The van der Waals surface area contributed by atoms with E-state index in [2.05, 4.69) is 0 Å². The first-order valence-electron chi connectivity index (χ1n) is 5.98. The second-order valence-corrected chi connectivity index (χ2v) is 4.23. The lowest BCUT2D eigenvalue weighted by molar-refractivity contribution is 1.22. The van der Waals surface area contributed by atoms with Crippen molar-refractivity contribution in [2.45, 2.75) is 0 Å². The molecule has 0 aliphatic carbocycles. The number of hydrogen-bond donors (Lipinski definition) is 0. The maximum atomic E-state index is 11.7. The molecule has 0 saturated carbocycles. The second-order valence-electron chi connectivity index (χ2n) is 4.23. The summed E-state index contributed by atoms with van der Waals surface area (Å²) in [6.07, 6.45) is 0. The van der Waals surface area contributed by atoms with Crippen LogP contribution < -0.4 is 15.8 Å². The molecule has 0 spiro atoms. The monoisotopic (exact) mass is 249 g/mol. The highest BCUT2D eigenvalue weighted by molar-refractivity contribution is 5.77. The summed E-state index contributed by atoms with van der Waals surface area (Å²) in [4.78, 5) is 24.6. The van der Waals surface area contributed by atoms with Crippen LogP contribution in [0.25, 0.3) is 0 Å². The molecule has 3 rings (SSSR count). The molecular weight excluding hydrogens is 238 g/mol. The Hall–Kier alpha value is -2.68. The number of nitrogens with zero attached hydrogens (tertiary/aromatic N) is 1. The Morgan fingerprint density at radius 1 is 0.684 bits per heavy atom. The third-order valence-corrected chi connectivity index (χ3v) is 2.99. The smallest absolute Gasteiger partial charge is 0.249 e. The zero-order chi connectivity index (χ0) is 13.2. The SMILES string of the molecule is O=c1cc(N(c2ccccc2)c2ccccc2)c1=O. The summed E-state index contributed by atoms with van der Waals surface area (Å²) in [5.41, 5.74) is 1.27. The topological polar surface area (TPSA) is 37.4 Å². The summed E-state index contributed by atoms with van der Waals surface area (Å²) in [7, 11) is 0. The van der Waals surface area contributed by atoms with E-state index in [4.69, 9.17) is 0 Å². The predicted molar refractivity (Wildman–Crippen MR) is 76.0 cm³/mol. The highest BCUT2D eigenvalue weighted by Crippen LogP contribution is 2.31. The van der Waals surface area contributed by atoms with E-state index < -0.39 is 10.9 Å². The van der Waals surface area contributed by atoms with E-state index in [1.807, 2.05) is 60.7 Å². The van der Waals surface area contributed by atoms with E-state index in [0.29, 0.717) is 5.69 Å². The second kappa shape index (κ2) is 4.53. The molecule has 0 saturated heterocycles. The van der Waals surface area contributed by atoms with Gasteiger partial charge in [-0.15, -0.1) is 0 Å². The Labute approximate surface area is 110 Å². The summed E-state index contributed by atoms with van der Waals surface area (Å²) in [6.45, 7) is 0. The van der Waals surface area contributed by atoms with Crippen LogP contribution in [0.4, 0.5) is 17.1 Å². The van der Waals surface area contributed by atoms with Crippen LogP contribution in [0.3, 0.4) is 0 Å². The first-order chi connectivity index (χ1) is 9.27. The van der Waals surface area contributed by atoms with Crippen LogP contribution in [0.1, 0.15) is 0 Å². The fraction of sp³-hybridized carbons (Fsp3) is 0. The van der Waals surface area contributed by atoms with Crippen LogP contribution in [0.2, 0.25) is 0 Å². The van der Waals surface area contributed by atoms with Crippen LogP contribution in [-0.4, -0.2) is 0 Å². The van der Waals surface area contributed by atoms with Crippen molar-refractivity contribution in [3.63, 3.8) is 0 Å². The number of hydrogen-bond acceptors (Lipinski definition) is 3. The molecule has 3 heteroatoms. The maximum absolute atomic E-state index is 11.7. The summed E-state index contributed by atoms with van der Waals surface area (Å²) >= 11 is 0. The summed E-state index contributed by atoms with van der Waals surface area (Å²) in [6, 6.07) is 20.4. The minimum absolute atomic E-state index is 0.419. The average molecular weight is 249 g/mol. The molecule has 0 aromatic heterocycles. The standard InChI is InChI=1S/C16H11NO2/c18-15-11-14(16(15)19)17(12-7-3-1-4-8-12)13-9-5-2-6-10-13/h1-11H. The van der Waals surface area contributed by atoms with Crippen molar-refractivity contribution in [1.82, 2.24) is 0 Å². The molecule has 0 aliphatic heterocycles. The van der Waals surface area contributed by atoms with Crippen molar-refractivity contribution in [3.05, 3.63) is 87.2 Å². The third-order valence-electron chi connectivity index (χ3n) is 2.99. The van der Waals surface area contributed by atoms with Gasteiger partial charge < -0.3 is 4.90 Å². The molecule has 0 unspecified atom stereocenters. The lowest BCUT2D eigenvalue weighted by Crippen LogP contribution is -2.35. The molecule has 19 heavy (non-hydrogen) atoms. The molecule has 0 atom stereocenters. The van der Waals surface area contributed by atoms with Gasteiger partial charge in [0.15, 0.2) is 0 Å². The van der Waals surface area contributed by atoms with E-state index in [1.54, 1.807) is 4.90 Å². The quantitative estimate of drug-likeness (QED) is 0.670. The average Bonchev–Trinajstić information content (AvgIpc) is 2.49. The van der Waals surface area contributed by atoms with Crippen molar-refractivity contribution in [1.29, 1.82) is 0 Å². The molecule has 3 aromatic rings. The van der Waals surface area contributed by atoms with Crippen LogP contribution in [0, 0.1) is 0 Å². The zero-order valence-electron chi connectivity index (χ0n) is 10.1. The first-order valence-corrected chi connectivity index (χ1v) is 5.98. The van der Waals surface area contributed by atoms with E-state index in [1.165, 1.54) is 6.07 Å². The highest BCUT2D eigenvalue weighted by Gasteiger charge is 2.19. The largest absolute Gasteiger partial charge is 0.307 e. The maximum Gasteiger partial charge on any atom is 0.249 e. The van der Waals surface area contributed by atoms with E-state index in [0.717, 1.165) is 11.4 Å². The van der Waals surface area contributed by atoms with E-state index >= 15 is 0 Å². The Kier molecular flexibility index (Phi) is 2.72. The minimum Gasteiger partial charge on any atom is -0.307 e. The molecule has 0 amide bonds. The van der Waals surface area contributed by atoms with Gasteiger partial charge in [-0.05, 0) is 24.3 Å². The molecule has 0 N–H and O–H groups in total. The van der Waals surface area contributed by atoms with Gasteiger partial charge in [-0.2, -0.15) is 0 Å². The number of rotatable bonds is 3. The van der Waals surface area contributed by atoms with Crippen molar-refractivity contribution in [3.8, 4) is 0 Å². The molecule has 0 aliphatic rings. The Balaban J connectivity index is 2.16. The number of para-hydroxylation sites is 2. The van der Waals surface area contributed by atoms with Gasteiger partial charge in [-0.25, -0.2) is 0 Å². The fourth-order valence-corrected chi connectivity index (χ4v) is 2.05. The van der Waals surface area contributed by atoms with Gasteiger partial charge in [0.05, 0.1) is 0 Å². The van der Waals surface area contributed by atoms with E-state index in [-0.39, 0.29) is 0 Å². The predicted octanol–water partition coefficient (Wildman–Crippen LogP) is 2.75. The molecule has 92 valence electrons. The van der Waals surface area contributed by atoms with Gasteiger partial charge in [-0.3, -0.25) is 9.59 Å². The van der Waals surface area contributed by atoms with Gasteiger partial charge in [0.2, 0.25) is 10.9 Å². The molecule has 0 bridgehead atoms. The van der Waals surface area contributed by atoms with Crippen LogP contribution in [0.5, 0.6) is 0 Å². The van der Waals surface area contributed by atoms with Crippen molar-refractivity contribution >= 4 is 17.1 Å². The number of benzene rings is 2. The minimum atomic E-state index is -0.438. The van der Waals surface area contributed by atoms with E-state index in [9.17, 15) is 9.59 Å². The molecule has 3 nitrogen and oxygen atoms in total. The van der Waals surface area contributed by atoms with Gasteiger partial charge >= 0.3 is 0 Å². The van der Waals surface area contributed by atoms with Crippen molar-refractivity contribution < 1.29 is 0 Å². The van der Waals surface area contributed by atoms with Gasteiger partial charge in [0, 0.05) is 17.4 Å². The fourth-order valence-electron chi connectivity index (χ4n) is 2.05. The van der Waals surface area contributed by atoms with Crippen molar-refractivity contribution in [2.75, 3.05) is 4.90 Å². The third kappa shape index (κ3) is 1.95. The van der Waals surface area contributed by atoms with Crippen LogP contribution in [0.15, 0.2) is 76.3 Å². The lowest BCUT2D eigenvalue weighted by Gasteiger charge is -2.25. The normalized spacial score (nSPS) is 10.5. The number of anilines is 3. The van der Waals surface area contributed by atoms with Crippen molar-refractivity contribution in [2.24, 2.45) is 0 Å². The van der Waals surface area contributed by atoms with Crippen LogP contribution in [-0.2, 0) is 0 Å². The zero-order valence-corrected chi connectivity index (χ0v) is 10.1. The Morgan fingerprint density at radius 3 is 1.53 bits per heavy atom. The van der Waals surface area contributed by atoms with Crippen LogP contribution >= 0.6 is 0 Å². The highest BCUT2D eigenvalue weighted by atomic mass is 16.2. The Bertz CT molecular complexity index is 717. The van der Waals surface area contributed by atoms with Gasteiger partial charge in [0.25, 0.3) is 0 Å². The Morgan fingerprint density at radius 2 is 1.16 bits per heavy atom. The summed E-state index contributed by atoms with van der Waals surface area (Å²) in [5, 5.41) is 0. The summed E-state index contributed by atoms with van der Waals surface area (Å²) < 4.78 is 0. The molecular formula is C16H11NO2. The molecule has 0 heterocycles. The molecule has 0 radical (unpaired) electrons. The van der Waals surface area contributed by atoms with Gasteiger partial charge in [0.1, 0.15) is 5.69 Å². The first kappa shape index (κ1) is 11.4.